The first-order chi connectivity index (χ1) is 16.1. The van der Waals surface area contributed by atoms with Crippen LogP contribution in [0.3, 0.4) is 0 Å². The largest absolute Gasteiger partial charge is 0.488 e. The van der Waals surface area contributed by atoms with E-state index in [0.29, 0.717) is 0 Å². The van der Waals surface area contributed by atoms with Crippen molar-refractivity contribution in [3.8, 4) is 0 Å². The molecule has 4 unspecified atom stereocenters. The molecular weight excluding hydrogens is 541 g/mol. The zero-order valence-corrected chi connectivity index (χ0v) is 20.2. The summed E-state index contributed by atoms with van der Waals surface area (Å²) in [4.78, 5) is 50.6. The van der Waals surface area contributed by atoms with E-state index in [9.17, 15) is 43.4 Å². The normalized spacial score (nSPS) is 27.9. The van der Waals surface area contributed by atoms with Crippen molar-refractivity contribution < 1.29 is 56.5 Å². The molecule has 0 amide bonds. The topological polar surface area (TPSA) is 305 Å². The van der Waals surface area contributed by atoms with Crippen LogP contribution in [0.25, 0.3) is 11.2 Å². The smallest absolute Gasteiger partial charge is 0.387 e. The van der Waals surface area contributed by atoms with Gasteiger partial charge in [-0.3, -0.25) is 23.4 Å². The average molecular weight is 564 g/mol. The number of aromatic amines is 1. The molecule has 0 saturated carbocycles. The van der Waals surface area contributed by atoms with Crippen LogP contribution in [-0.2, 0) is 31.6 Å². The molecule has 0 spiro atoms. The Balaban J connectivity index is 1.67. The van der Waals surface area contributed by atoms with Gasteiger partial charge in [0.1, 0.15) is 18.3 Å². The number of anilines is 1. The number of phosphoric ester groups is 1. The van der Waals surface area contributed by atoms with Crippen LogP contribution < -0.4 is 17.0 Å². The van der Waals surface area contributed by atoms with E-state index in [1.54, 1.807) is 0 Å². The number of imidazole rings is 1. The Bertz CT molecular complexity index is 1270. The molecule has 0 bridgehead atoms. The highest BCUT2D eigenvalue weighted by atomic mass is 31.3. The quantitative estimate of drug-likeness (QED) is 0.138. The second-order valence-corrected chi connectivity index (χ2v) is 12.4. The van der Waals surface area contributed by atoms with E-state index in [-0.39, 0.29) is 30.1 Å². The first-order valence-electron chi connectivity index (χ1n) is 9.63. The lowest BCUT2D eigenvalue weighted by atomic mass is 10.1. The Morgan fingerprint density at radius 3 is 2.49 bits per heavy atom. The molecule has 3 heterocycles. The minimum atomic E-state index is -5.56. The number of rotatable bonds is 11. The van der Waals surface area contributed by atoms with Crippen LogP contribution in [0, 0.1) is 0 Å². The van der Waals surface area contributed by atoms with Gasteiger partial charge in [0.05, 0.1) is 19.1 Å². The van der Waals surface area contributed by atoms with Gasteiger partial charge in [-0.2, -0.15) is 9.29 Å². The number of aliphatic hydroxyl groups excluding tert-OH is 2. The van der Waals surface area contributed by atoms with Gasteiger partial charge in [-0.05, 0) is 13.0 Å². The first-order valence-corrected chi connectivity index (χ1v) is 14.4. The minimum Gasteiger partial charge on any atom is -0.387 e. The minimum absolute atomic E-state index is 0.0303. The molecule has 0 aromatic carbocycles. The Kier molecular flexibility index (Phi) is 8.35. The van der Waals surface area contributed by atoms with Gasteiger partial charge in [0, 0.05) is 0 Å². The number of hydrogen-bond donors (Lipinski definition) is 8. The molecule has 198 valence electrons. The SMILES string of the molecule is NCCCP(=O)(O)OP(=O)(O)OP(=O)(O)OC[C@H]1O[C@@H](n2cnc3c(=O)[nH]c(N)nc32)[C@@H](O)C1O. The molecule has 35 heavy (non-hydrogen) atoms. The van der Waals surface area contributed by atoms with Crippen LogP contribution in [0.1, 0.15) is 12.6 Å². The number of H-pyrrole nitrogens is 1. The highest BCUT2D eigenvalue weighted by molar-refractivity contribution is 7.68. The van der Waals surface area contributed by atoms with E-state index < -0.39 is 66.1 Å². The summed E-state index contributed by atoms with van der Waals surface area (Å²) in [6, 6.07) is 0. The zero-order chi connectivity index (χ0) is 26.2. The summed E-state index contributed by atoms with van der Waals surface area (Å²) >= 11 is 0. The fourth-order valence-corrected chi connectivity index (χ4v) is 7.21. The van der Waals surface area contributed by atoms with Crippen LogP contribution >= 0.6 is 23.2 Å². The molecular formula is C13H23N6O13P3. The van der Waals surface area contributed by atoms with Crippen molar-refractivity contribution in [2.24, 2.45) is 5.73 Å². The van der Waals surface area contributed by atoms with Crippen LogP contribution in [-0.4, -0.2) is 82.0 Å². The third-order valence-electron chi connectivity index (χ3n) is 4.55. The number of nitrogens with two attached hydrogens (primary N) is 2. The number of ether oxygens (including phenoxy) is 1. The fraction of sp³-hybridized carbons (Fsp3) is 0.615. The van der Waals surface area contributed by atoms with Crippen LogP contribution in [0.15, 0.2) is 11.1 Å². The van der Waals surface area contributed by atoms with Gasteiger partial charge in [-0.25, -0.2) is 18.4 Å². The highest BCUT2D eigenvalue weighted by Gasteiger charge is 2.47. The summed E-state index contributed by atoms with van der Waals surface area (Å²) in [5.74, 6) is -0.262. The molecule has 2 aromatic heterocycles. The Hall–Kier alpha value is -1.56. The molecule has 1 fully saturated rings. The zero-order valence-electron chi connectivity index (χ0n) is 17.6. The van der Waals surface area contributed by atoms with Crippen molar-refractivity contribution >= 4 is 40.4 Å². The summed E-state index contributed by atoms with van der Waals surface area (Å²) in [6.07, 6.45) is -5.88. The number of nitrogens with zero attached hydrogens (tertiary/aromatic N) is 3. The predicted octanol–water partition coefficient (Wildman–Crippen LogP) is -1.89. The van der Waals surface area contributed by atoms with Crippen LogP contribution in [0.5, 0.6) is 0 Å². The number of fused-ring (bicyclic) bond motifs is 1. The fourth-order valence-electron chi connectivity index (χ4n) is 3.06. The molecule has 1 aliphatic heterocycles. The Morgan fingerprint density at radius 1 is 1.14 bits per heavy atom. The van der Waals surface area contributed by atoms with Crippen molar-refractivity contribution in [3.05, 3.63) is 16.7 Å². The number of aromatic nitrogens is 4. The van der Waals surface area contributed by atoms with E-state index in [2.05, 4.69) is 28.1 Å². The maximum atomic E-state index is 12.1. The standard InChI is InChI=1S/C13H23N6O13P3/c14-2-1-3-33(23,24)31-35(27,28)32-34(25,26)29-4-6-8(20)9(21)12(30-6)19-5-16-7-10(19)17-13(15)18-11(7)22/h5-6,8-9,12,20-21H,1-4,14H2,(H,23,24)(H,25,26)(H,27,28)(H3,15,17,18,22)/t6-,8?,9+,12-/m1/s1. The monoisotopic (exact) mass is 564 g/mol. The second kappa shape index (κ2) is 10.4. The molecule has 22 heteroatoms. The molecule has 0 aliphatic carbocycles. The number of phosphoric acid groups is 2. The third-order valence-corrected chi connectivity index (χ3v) is 9.40. The van der Waals surface area contributed by atoms with Crippen LogP contribution in [0.4, 0.5) is 5.95 Å². The van der Waals surface area contributed by atoms with E-state index in [1.165, 1.54) is 0 Å². The number of nitrogen functional groups attached to an aromatic ring is 1. The van der Waals surface area contributed by atoms with Gasteiger partial charge in [0.25, 0.3) is 5.56 Å². The molecule has 2 aromatic rings. The average Bonchev–Trinajstić information content (AvgIpc) is 3.25. The molecule has 1 saturated heterocycles. The summed E-state index contributed by atoms with van der Waals surface area (Å²) in [6.45, 7) is -0.993. The van der Waals surface area contributed by atoms with Gasteiger partial charge in [-0.1, -0.05) is 0 Å². The van der Waals surface area contributed by atoms with Gasteiger partial charge in [0.2, 0.25) is 5.95 Å². The van der Waals surface area contributed by atoms with Crippen molar-refractivity contribution in [1.29, 1.82) is 0 Å². The first kappa shape index (κ1) is 28.0. The van der Waals surface area contributed by atoms with Crippen molar-refractivity contribution in [1.82, 2.24) is 19.5 Å². The molecule has 7 atom stereocenters. The summed E-state index contributed by atoms with van der Waals surface area (Å²) in [5, 5.41) is 20.6. The number of hydrogen-bond acceptors (Lipinski definition) is 14. The number of aliphatic hydroxyl groups is 2. The van der Waals surface area contributed by atoms with Crippen molar-refractivity contribution in [2.75, 3.05) is 25.0 Å². The Morgan fingerprint density at radius 2 is 1.83 bits per heavy atom. The molecule has 3 rings (SSSR count). The maximum absolute atomic E-state index is 12.1. The predicted molar refractivity (Wildman–Crippen MR) is 115 cm³/mol. The summed E-state index contributed by atoms with van der Waals surface area (Å²) < 4.78 is 54.7. The lowest BCUT2D eigenvalue weighted by Gasteiger charge is -2.20. The van der Waals surface area contributed by atoms with Crippen molar-refractivity contribution in [2.45, 2.75) is 31.0 Å². The maximum Gasteiger partial charge on any atom is 0.488 e. The summed E-state index contributed by atoms with van der Waals surface area (Å²) in [7, 11) is -15.7. The summed E-state index contributed by atoms with van der Waals surface area (Å²) in [5.41, 5.74) is 9.75. The third kappa shape index (κ3) is 6.81. The van der Waals surface area contributed by atoms with Crippen molar-refractivity contribution in [3.63, 3.8) is 0 Å². The Labute approximate surface area is 195 Å². The second-order valence-electron chi connectivity index (χ2n) is 7.22. The highest BCUT2D eigenvalue weighted by Crippen LogP contribution is 2.67. The van der Waals surface area contributed by atoms with Gasteiger partial charge >= 0.3 is 23.2 Å². The number of nitrogens with one attached hydrogen (secondary N) is 1. The van der Waals surface area contributed by atoms with E-state index >= 15 is 0 Å². The van der Waals surface area contributed by atoms with Crippen LogP contribution in [0.2, 0.25) is 0 Å². The molecule has 0 radical (unpaired) electrons. The van der Waals surface area contributed by atoms with Gasteiger partial charge < -0.3 is 41.1 Å². The lowest BCUT2D eigenvalue weighted by Crippen LogP contribution is -2.33. The van der Waals surface area contributed by atoms with E-state index in [0.717, 1.165) is 10.9 Å². The molecule has 10 N–H and O–H groups in total. The van der Waals surface area contributed by atoms with Gasteiger partial charge in [-0.15, -0.1) is 0 Å². The van der Waals surface area contributed by atoms with E-state index in [1.807, 2.05) is 0 Å². The van der Waals surface area contributed by atoms with E-state index in [4.69, 9.17) is 16.2 Å². The van der Waals surface area contributed by atoms with Gasteiger partial charge in [0.15, 0.2) is 17.4 Å². The molecule has 1 aliphatic rings. The lowest BCUT2D eigenvalue weighted by molar-refractivity contribution is -0.0503. The molecule has 19 nitrogen and oxygen atoms in total.